The lowest BCUT2D eigenvalue weighted by Gasteiger charge is -2.34. The predicted molar refractivity (Wildman–Crippen MR) is 130 cm³/mol. The van der Waals surface area contributed by atoms with Crippen molar-refractivity contribution in [2.45, 2.75) is 39.2 Å². The first-order valence-corrected chi connectivity index (χ1v) is 11.6. The minimum Gasteiger partial charge on any atom is -0.342 e. The van der Waals surface area contributed by atoms with Crippen molar-refractivity contribution >= 4 is 16.9 Å². The fourth-order valence-electron chi connectivity index (χ4n) is 4.87. The summed E-state index contributed by atoms with van der Waals surface area (Å²) >= 11 is 0. The van der Waals surface area contributed by atoms with Crippen LogP contribution >= 0.6 is 0 Å². The fraction of sp³-hybridized carbons (Fsp3) is 0.286. The molecule has 5 heteroatoms. The second kappa shape index (κ2) is 8.81. The Morgan fingerprint density at radius 2 is 1.76 bits per heavy atom. The van der Waals surface area contributed by atoms with Crippen LogP contribution in [0.1, 0.15) is 35.6 Å². The summed E-state index contributed by atoms with van der Waals surface area (Å²) in [5, 5.41) is 0. The van der Waals surface area contributed by atoms with Crippen LogP contribution in [0.5, 0.6) is 0 Å². The molecule has 1 aliphatic rings. The number of halogens is 1. The number of aromatic nitrogens is 2. The molecule has 2 heterocycles. The van der Waals surface area contributed by atoms with Crippen LogP contribution in [0, 0.1) is 19.7 Å². The minimum absolute atomic E-state index is 0.164. The zero-order valence-corrected chi connectivity index (χ0v) is 19.1. The molecule has 0 unspecified atom stereocenters. The Balaban J connectivity index is 1.39. The molecule has 3 aromatic carbocycles. The number of hydrogen-bond donors (Lipinski definition) is 0. The summed E-state index contributed by atoms with van der Waals surface area (Å²) in [6.45, 7) is 5.50. The zero-order chi connectivity index (χ0) is 22.9. The summed E-state index contributed by atoms with van der Waals surface area (Å²) in [7, 11) is 0. The molecule has 1 aliphatic heterocycles. The molecular formula is C28H28FN3O. The van der Waals surface area contributed by atoms with Crippen LogP contribution in [0.2, 0.25) is 0 Å². The molecular weight excluding hydrogens is 413 g/mol. The van der Waals surface area contributed by atoms with E-state index in [0.29, 0.717) is 19.5 Å². The second-order valence-corrected chi connectivity index (χ2v) is 9.02. The largest absolute Gasteiger partial charge is 0.342 e. The molecule has 33 heavy (non-hydrogen) atoms. The maximum Gasteiger partial charge on any atom is 0.227 e. The highest BCUT2D eigenvalue weighted by molar-refractivity contribution is 5.81. The lowest BCUT2D eigenvalue weighted by atomic mass is 10.00. The summed E-state index contributed by atoms with van der Waals surface area (Å²) in [4.78, 5) is 19.8. The molecule has 1 saturated heterocycles. The van der Waals surface area contributed by atoms with Gasteiger partial charge in [-0.1, -0.05) is 54.1 Å². The second-order valence-electron chi connectivity index (χ2n) is 9.02. The van der Waals surface area contributed by atoms with Gasteiger partial charge in [0.15, 0.2) is 0 Å². The first-order valence-electron chi connectivity index (χ1n) is 11.6. The number of nitrogens with zero attached hydrogens (tertiary/aromatic N) is 3. The van der Waals surface area contributed by atoms with Crippen molar-refractivity contribution in [3.05, 3.63) is 89.2 Å². The molecule has 168 valence electrons. The molecule has 0 saturated carbocycles. The standard InChI is InChI=1S/C28H28FN3O/c1-19-8-9-20(2)22(16-19)17-27(33)31-14-12-24(13-15-31)32-26-18-23(29)10-11-25(26)30-28(32)21-6-4-3-5-7-21/h3-11,16,18,24H,12-15,17H2,1-2H3. The van der Waals surface area contributed by atoms with Crippen molar-refractivity contribution in [2.24, 2.45) is 0 Å². The van der Waals surface area contributed by atoms with E-state index in [1.165, 1.54) is 11.6 Å². The first-order chi connectivity index (χ1) is 16.0. The number of carbonyl (C=O) groups excluding carboxylic acids is 1. The number of benzene rings is 3. The molecule has 0 radical (unpaired) electrons. The molecule has 1 fully saturated rings. The summed E-state index contributed by atoms with van der Waals surface area (Å²) in [5.74, 6) is 0.771. The number of rotatable bonds is 4. The third-order valence-electron chi connectivity index (χ3n) is 6.71. The van der Waals surface area contributed by atoms with E-state index in [-0.39, 0.29) is 17.8 Å². The Labute approximate surface area is 193 Å². The number of aryl methyl sites for hydroxylation is 2. The van der Waals surface area contributed by atoms with Gasteiger partial charge in [0.25, 0.3) is 0 Å². The van der Waals surface area contributed by atoms with Gasteiger partial charge in [-0.25, -0.2) is 9.37 Å². The van der Waals surface area contributed by atoms with Crippen LogP contribution in [0.3, 0.4) is 0 Å². The Morgan fingerprint density at radius 1 is 1.00 bits per heavy atom. The van der Waals surface area contributed by atoms with Crippen LogP contribution < -0.4 is 0 Å². The number of carbonyl (C=O) groups is 1. The predicted octanol–water partition coefficient (Wildman–Crippen LogP) is 5.87. The van der Waals surface area contributed by atoms with Gasteiger partial charge in [0.05, 0.1) is 17.5 Å². The fourth-order valence-corrected chi connectivity index (χ4v) is 4.87. The number of hydrogen-bond acceptors (Lipinski definition) is 2. The summed E-state index contributed by atoms with van der Waals surface area (Å²) < 4.78 is 16.3. The normalized spacial score (nSPS) is 14.7. The van der Waals surface area contributed by atoms with E-state index in [9.17, 15) is 9.18 Å². The molecule has 4 nitrogen and oxygen atoms in total. The van der Waals surface area contributed by atoms with Gasteiger partial charge in [0.1, 0.15) is 11.6 Å². The van der Waals surface area contributed by atoms with Crippen LogP contribution in [-0.4, -0.2) is 33.4 Å². The maximum absolute atomic E-state index is 14.1. The van der Waals surface area contributed by atoms with Gasteiger partial charge in [0, 0.05) is 24.7 Å². The number of fused-ring (bicyclic) bond motifs is 1. The van der Waals surface area contributed by atoms with Crippen molar-refractivity contribution in [1.82, 2.24) is 14.5 Å². The van der Waals surface area contributed by atoms with E-state index in [2.05, 4.69) is 36.6 Å². The molecule has 5 rings (SSSR count). The highest BCUT2D eigenvalue weighted by Crippen LogP contribution is 2.34. The van der Waals surface area contributed by atoms with Crippen molar-refractivity contribution < 1.29 is 9.18 Å². The van der Waals surface area contributed by atoms with Gasteiger partial charge in [0.2, 0.25) is 5.91 Å². The SMILES string of the molecule is Cc1ccc(C)c(CC(=O)N2CCC(n3c(-c4ccccc4)nc4ccc(F)cc43)CC2)c1. The lowest BCUT2D eigenvalue weighted by molar-refractivity contribution is -0.131. The quantitative estimate of drug-likeness (QED) is 0.398. The van der Waals surface area contributed by atoms with Crippen LogP contribution in [0.4, 0.5) is 4.39 Å². The van der Waals surface area contributed by atoms with Gasteiger partial charge in [-0.05, 0) is 56.0 Å². The Hall–Kier alpha value is -3.47. The molecule has 0 atom stereocenters. The molecule has 0 N–H and O–H groups in total. The molecule has 0 spiro atoms. The molecule has 1 amide bonds. The van der Waals surface area contributed by atoms with Crippen molar-refractivity contribution in [2.75, 3.05) is 13.1 Å². The first kappa shape index (κ1) is 21.4. The van der Waals surface area contributed by atoms with Gasteiger partial charge in [-0.15, -0.1) is 0 Å². The summed E-state index contributed by atoms with van der Waals surface area (Å²) in [5.41, 5.74) is 6.06. The average molecular weight is 442 g/mol. The smallest absolute Gasteiger partial charge is 0.227 e. The van der Waals surface area contributed by atoms with Gasteiger partial charge in [-0.3, -0.25) is 4.79 Å². The van der Waals surface area contributed by atoms with E-state index in [4.69, 9.17) is 4.98 Å². The highest BCUT2D eigenvalue weighted by Gasteiger charge is 2.27. The van der Waals surface area contributed by atoms with E-state index in [1.807, 2.05) is 35.2 Å². The van der Waals surface area contributed by atoms with Gasteiger partial charge < -0.3 is 9.47 Å². The Bertz CT molecular complexity index is 1300. The molecule has 0 aliphatic carbocycles. The number of amides is 1. The monoisotopic (exact) mass is 441 g/mol. The summed E-state index contributed by atoms with van der Waals surface area (Å²) in [6, 6.07) is 21.3. The lowest BCUT2D eigenvalue weighted by Crippen LogP contribution is -2.40. The number of imidazole rings is 1. The average Bonchev–Trinajstić information content (AvgIpc) is 3.20. The number of piperidine rings is 1. The molecule has 0 bridgehead atoms. The van der Waals surface area contributed by atoms with E-state index in [0.717, 1.165) is 46.4 Å². The van der Waals surface area contributed by atoms with Crippen LogP contribution in [-0.2, 0) is 11.2 Å². The number of likely N-dealkylation sites (tertiary alicyclic amines) is 1. The van der Waals surface area contributed by atoms with E-state index in [1.54, 1.807) is 12.1 Å². The van der Waals surface area contributed by atoms with Crippen molar-refractivity contribution in [1.29, 1.82) is 0 Å². The van der Waals surface area contributed by atoms with E-state index >= 15 is 0 Å². The van der Waals surface area contributed by atoms with Crippen molar-refractivity contribution in [3.63, 3.8) is 0 Å². The Kier molecular flexibility index (Phi) is 5.71. The third kappa shape index (κ3) is 4.28. The van der Waals surface area contributed by atoms with Gasteiger partial charge in [-0.2, -0.15) is 0 Å². The van der Waals surface area contributed by atoms with E-state index < -0.39 is 0 Å². The molecule has 4 aromatic rings. The van der Waals surface area contributed by atoms with Crippen molar-refractivity contribution in [3.8, 4) is 11.4 Å². The third-order valence-corrected chi connectivity index (χ3v) is 6.71. The Morgan fingerprint density at radius 3 is 2.52 bits per heavy atom. The molecule has 1 aromatic heterocycles. The summed E-state index contributed by atoms with van der Waals surface area (Å²) in [6.07, 6.45) is 2.08. The topological polar surface area (TPSA) is 38.1 Å². The van der Waals surface area contributed by atoms with Gasteiger partial charge >= 0.3 is 0 Å². The highest BCUT2D eigenvalue weighted by atomic mass is 19.1. The van der Waals surface area contributed by atoms with Crippen LogP contribution in [0.25, 0.3) is 22.4 Å². The maximum atomic E-state index is 14.1. The van der Waals surface area contributed by atoms with Crippen LogP contribution in [0.15, 0.2) is 66.7 Å². The minimum atomic E-state index is -0.260. The zero-order valence-electron chi connectivity index (χ0n) is 19.1.